The van der Waals surface area contributed by atoms with Gasteiger partial charge in [-0.25, -0.2) is 20.4 Å². The van der Waals surface area contributed by atoms with E-state index in [1.54, 1.807) is 20.8 Å². The molecule has 0 unspecified atom stereocenters. The van der Waals surface area contributed by atoms with E-state index in [2.05, 4.69) is 5.32 Å². The number of nitrogens with one attached hydrogen (secondary N) is 3. The number of urea groups is 1. The maximum Gasteiger partial charge on any atom is 0.426 e. The third kappa shape index (κ3) is 9.39. The molecule has 0 spiro atoms. The first kappa shape index (κ1) is 15.5. The SMILES string of the molecule is CC(C)(C)OC(=O)NNC(=O)NC[C@H](O)CO. The molecule has 8 nitrogen and oxygen atoms in total. The molecule has 3 amide bonds. The van der Waals surface area contributed by atoms with E-state index in [0.717, 1.165) is 0 Å². The zero-order valence-electron chi connectivity index (χ0n) is 10.1. The number of hydrazine groups is 1. The Bertz CT molecular complexity index is 264. The molecule has 0 heterocycles. The Kier molecular flexibility index (Phi) is 6.29. The summed E-state index contributed by atoms with van der Waals surface area (Å²) < 4.78 is 4.85. The highest BCUT2D eigenvalue weighted by molar-refractivity contribution is 5.77. The summed E-state index contributed by atoms with van der Waals surface area (Å²) in [6, 6.07) is -0.719. The van der Waals surface area contributed by atoms with Crippen LogP contribution in [0, 0.1) is 0 Å². The lowest BCUT2D eigenvalue weighted by Crippen LogP contribution is -2.50. The van der Waals surface area contributed by atoms with Gasteiger partial charge >= 0.3 is 12.1 Å². The van der Waals surface area contributed by atoms with Crippen molar-refractivity contribution in [2.45, 2.75) is 32.5 Å². The number of amides is 3. The van der Waals surface area contributed by atoms with Crippen molar-refractivity contribution in [1.82, 2.24) is 16.2 Å². The van der Waals surface area contributed by atoms with E-state index in [9.17, 15) is 9.59 Å². The first-order chi connectivity index (χ1) is 7.74. The average Bonchev–Trinajstić information content (AvgIpc) is 2.20. The average molecular weight is 249 g/mol. The van der Waals surface area contributed by atoms with Crippen molar-refractivity contribution in [3.63, 3.8) is 0 Å². The van der Waals surface area contributed by atoms with Gasteiger partial charge in [0.1, 0.15) is 5.60 Å². The van der Waals surface area contributed by atoms with Gasteiger partial charge in [0.2, 0.25) is 0 Å². The number of ether oxygens (including phenoxy) is 1. The van der Waals surface area contributed by atoms with Crippen LogP contribution in [0.1, 0.15) is 20.8 Å². The van der Waals surface area contributed by atoms with Gasteiger partial charge < -0.3 is 20.3 Å². The van der Waals surface area contributed by atoms with Gasteiger partial charge in [0.25, 0.3) is 0 Å². The first-order valence-electron chi connectivity index (χ1n) is 5.06. The summed E-state index contributed by atoms with van der Waals surface area (Å²) in [6.45, 7) is 4.47. The fourth-order valence-corrected chi connectivity index (χ4v) is 0.731. The van der Waals surface area contributed by atoms with Crippen molar-refractivity contribution in [3.05, 3.63) is 0 Å². The Morgan fingerprint density at radius 2 is 1.88 bits per heavy atom. The molecule has 0 fully saturated rings. The number of rotatable bonds is 3. The van der Waals surface area contributed by atoms with Gasteiger partial charge in [0.05, 0.1) is 12.7 Å². The maximum absolute atomic E-state index is 11.1. The highest BCUT2D eigenvalue weighted by atomic mass is 16.6. The van der Waals surface area contributed by atoms with Crippen molar-refractivity contribution in [2.24, 2.45) is 0 Å². The Hall–Kier alpha value is -1.54. The number of carbonyl (C=O) groups excluding carboxylic acids is 2. The van der Waals surface area contributed by atoms with Crippen LogP contribution in [0.2, 0.25) is 0 Å². The van der Waals surface area contributed by atoms with Crippen LogP contribution in [-0.2, 0) is 4.74 Å². The van der Waals surface area contributed by atoms with Gasteiger partial charge in [-0.15, -0.1) is 0 Å². The molecule has 100 valence electrons. The van der Waals surface area contributed by atoms with Gasteiger partial charge in [-0.3, -0.25) is 0 Å². The standard InChI is InChI=1S/C9H19N3O5/c1-9(2,3)17-8(16)12-11-7(15)10-4-6(14)5-13/h6,13-14H,4-5H2,1-3H3,(H,12,16)(H2,10,11,15)/t6-/m0/s1. The predicted octanol–water partition coefficient (Wildman–Crippen LogP) is -0.921. The zero-order valence-corrected chi connectivity index (χ0v) is 10.1. The fraction of sp³-hybridized carbons (Fsp3) is 0.778. The third-order valence-corrected chi connectivity index (χ3v) is 1.39. The lowest BCUT2D eigenvalue weighted by atomic mass is 10.2. The molecule has 0 rings (SSSR count). The van der Waals surface area contributed by atoms with Gasteiger partial charge in [0.15, 0.2) is 0 Å². The van der Waals surface area contributed by atoms with Crippen LogP contribution in [0.15, 0.2) is 0 Å². The quantitative estimate of drug-likeness (QED) is 0.414. The molecule has 1 atom stereocenters. The lowest BCUT2D eigenvalue weighted by molar-refractivity contribution is 0.0503. The fourth-order valence-electron chi connectivity index (χ4n) is 0.731. The van der Waals surface area contributed by atoms with Gasteiger partial charge in [0, 0.05) is 6.54 Å². The van der Waals surface area contributed by atoms with Crippen LogP contribution >= 0.6 is 0 Å². The summed E-state index contributed by atoms with van der Waals surface area (Å²) >= 11 is 0. The van der Waals surface area contributed by atoms with E-state index in [1.807, 2.05) is 10.9 Å². The van der Waals surface area contributed by atoms with E-state index in [4.69, 9.17) is 14.9 Å². The summed E-state index contributed by atoms with van der Waals surface area (Å²) in [5.74, 6) is 0. The van der Waals surface area contributed by atoms with Crippen molar-refractivity contribution in [2.75, 3.05) is 13.2 Å². The van der Waals surface area contributed by atoms with Crippen molar-refractivity contribution < 1.29 is 24.5 Å². The van der Waals surface area contributed by atoms with Gasteiger partial charge in [-0.2, -0.15) is 0 Å². The largest absolute Gasteiger partial charge is 0.443 e. The first-order valence-corrected chi connectivity index (χ1v) is 5.06. The van der Waals surface area contributed by atoms with Crippen LogP contribution in [0.25, 0.3) is 0 Å². The van der Waals surface area contributed by atoms with E-state index in [0.29, 0.717) is 0 Å². The normalized spacial score (nSPS) is 12.5. The molecule has 0 bridgehead atoms. The van der Waals surface area contributed by atoms with E-state index >= 15 is 0 Å². The maximum atomic E-state index is 11.1. The smallest absolute Gasteiger partial charge is 0.426 e. The Balaban J connectivity index is 3.74. The van der Waals surface area contributed by atoms with E-state index in [1.165, 1.54) is 0 Å². The molecule has 5 N–H and O–H groups in total. The molecule has 0 aliphatic heterocycles. The molecular formula is C9H19N3O5. The van der Waals surface area contributed by atoms with Crippen LogP contribution < -0.4 is 16.2 Å². The van der Waals surface area contributed by atoms with E-state index < -0.39 is 30.4 Å². The second-order valence-corrected chi connectivity index (χ2v) is 4.30. The Morgan fingerprint density at radius 3 is 2.35 bits per heavy atom. The molecule has 0 aromatic carbocycles. The number of carbonyl (C=O) groups is 2. The van der Waals surface area contributed by atoms with Crippen molar-refractivity contribution in [3.8, 4) is 0 Å². The van der Waals surface area contributed by atoms with Crippen LogP contribution in [0.3, 0.4) is 0 Å². The zero-order chi connectivity index (χ0) is 13.5. The van der Waals surface area contributed by atoms with Crippen molar-refractivity contribution >= 4 is 12.1 Å². The van der Waals surface area contributed by atoms with Crippen LogP contribution in [0.4, 0.5) is 9.59 Å². The molecule has 0 aliphatic carbocycles. The minimum atomic E-state index is -1.04. The summed E-state index contributed by atoms with van der Waals surface area (Å²) in [6.07, 6.45) is -1.84. The number of aliphatic hydroxyl groups excluding tert-OH is 2. The summed E-state index contributed by atoms with van der Waals surface area (Å²) in [5, 5.41) is 19.6. The number of hydrogen-bond acceptors (Lipinski definition) is 5. The highest BCUT2D eigenvalue weighted by Gasteiger charge is 2.16. The minimum absolute atomic E-state index is 0.127. The molecule has 8 heteroatoms. The van der Waals surface area contributed by atoms with Crippen molar-refractivity contribution in [1.29, 1.82) is 0 Å². The minimum Gasteiger partial charge on any atom is -0.443 e. The number of aliphatic hydroxyl groups is 2. The summed E-state index contributed by atoms with van der Waals surface area (Å²) in [7, 11) is 0. The van der Waals surface area contributed by atoms with E-state index in [-0.39, 0.29) is 6.54 Å². The molecule has 0 aromatic heterocycles. The number of hydrogen-bond donors (Lipinski definition) is 5. The van der Waals surface area contributed by atoms with Crippen LogP contribution in [0.5, 0.6) is 0 Å². The second kappa shape index (κ2) is 6.92. The highest BCUT2D eigenvalue weighted by Crippen LogP contribution is 2.05. The second-order valence-electron chi connectivity index (χ2n) is 4.30. The molecule has 0 saturated heterocycles. The third-order valence-electron chi connectivity index (χ3n) is 1.39. The lowest BCUT2D eigenvalue weighted by Gasteiger charge is -2.19. The summed E-state index contributed by atoms with van der Waals surface area (Å²) in [5.41, 5.74) is 3.37. The Morgan fingerprint density at radius 1 is 1.29 bits per heavy atom. The van der Waals surface area contributed by atoms with Gasteiger partial charge in [-0.05, 0) is 20.8 Å². The molecule has 0 saturated carbocycles. The van der Waals surface area contributed by atoms with Crippen LogP contribution in [-0.4, -0.2) is 47.2 Å². The monoisotopic (exact) mass is 249 g/mol. The van der Waals surface area contributed by atoms with Gasteiger partial charge in [-0.1, -0.05) is 0 Å². The molecule has 17 heavy (non-hydrogen) atoms. The summed E-state index contributed by atoms with van der Waals surface area (Å²) in [4.78, 5) is 22.1. The molecule has 0 radical (unpaired) electrons. The Labute approximate surface area is 99.3 Å². The molecule has 0 aromatic rings. The molecule has 0 aliphatic rings. The molecular weight excluding hydrogens is 230 g/mol. The topological polar surface area (TPSA) is 120 Å². The predicted molar refractivity (Wildman–Crippen MR) is 59.0 cm³/mol.